The average Bonchev–Trinajstić information content (AvgIpc) is 3.15. The molecular weight excluding hydrogens is 451 g/mol. The van der Waals surface area contributed by atoms with Crippen LogP contribution in [0.25, 0.3) is 44.2 Å². The third-order valence-electron chi connectivity index (χ3n) is 7.93. The second-order valence-corrected chi connectivity index (χ2v) is 10.9. The van der Waals surface area contributed by atoms with E-state index in [-0.39, 0.29) is 18.3 Å². The zero-order valence-electron chi connectivity index (χ0n) is 21.9. The largest absolute Gasteiger partial charge is 0.494 e. The molecule has 0 bridgehead atoms. The van der Waals surface area contributed by atoms with Crippen molar-refractivity contribution >= 4 is 23.4 Å². The van der Waals surface area contributed by atoms with Gasteiger partial charge in [0.25, 0.3) is 0 Å². The standard InChI is InChI=1S/C34H31BO2/c1-33(2)34(3,4)37-35(36-33)32-11-7-10-30(23-32)27-16-12-25(13-17-27)26-14-18-28(19-15-26)31-21-20-24-8-5-6-9-29(24)22-31/h5-23H,1-4H3. The minimum Gasteiger partial charge on any atom is -0.399 e. The van der Waals surface area contributed by atoms with E-state index in [4.69, 9.17) is 9.31 Å². The molecule has 1 aliphatic rings. The van der Waals surface area contributed by atoms with E-state index in [9.17, 15) is 0 Å². The van der Waals surface area contributed by atoms with Crippen LogP contribution in [0.5, 0.6) is 0 Å². The van der Waals surface area contributed by atoms with Gasteiger partial charge in [0, 0.05) is 0 Å². The minimum absolute atomic E-state index is 0.348. The van der Waals surface area contributed by atoms with Crippen molar-refractivity contribution in [2.45, 2.75) is 38.9 Å². The molecule has 0 radical (unpaired) electrons. The second-order valence-electron chi connectivity index (χ2n) is 10.9. The lowest BCUT2D eigenvalue weighted by Gasteiger charge is -2.32. The van der Waals surface area contributed by atoms with E-state index < -0.39 is 0 Å². The van der Waals surface area contributed by atoms with E-state index in [1.165, 1.54) is 38.6 Å². The summed E-state index contributed by atoms with van der Waals surface area (Å²) in [6, 6.07) is 41.2. The van der Waals surface area contributed by atoms with E-state index in [0.29, 0.717) is 0 Å². The first-order chi connectivity index (χ1) is 17.8. The molecule has 2 nitrogen and oxygen atoms in total. The predicted octanol–water partition coefficient (Wildman–Crippen LogP) is 8.14. The van der Waals surface area contributed by atoms with Gasteiger partial charge in [-0.25, -0.2) is 0 Å². The summed E-state index contributed by atoms with van der Waals surface area (Å²) in [4.78, 5) is 0. The molecule has 1 saturated heterocycles. The van der Waals surface area contributed by atoms with Crippen LogP contribution in [-0.2, 0) is 9.31 Å². The van der Waals surface area contributed by atoms with Gasteiger partial charge in [0.2, 0.25) is 0 Å². The Balaban J connectivity index is 1.21. The Morgan fingerprint density at radius 1 is 0.432 bits per heavy atom. The van der Waals surface area contributed by atoms with Gasteiger partial charge in [0.1, 0.15) is 0 Å². The summed E-state index contributed by atoms with van der Waals surface area (Å²) < 4.78 is 12.5. The van der Waals surface area contributed by atoms with Crippen LogP contribution in [-0.4, -0.2) is 18.3 Å². The molecule has 0 N–H and O–H groups in total. The van der Waals surface area contributed by atoms with Crippen molar-refractivity contribution in [3.63, 3.8) is 0 Å². The molecule has 0 spiro atoms. The Morgan fingerprint density at radius 2 is 0.892 bits per heavy atom. The highest BCUT2D eigenvalue weighted by atomic mass is 16.7. The average molecular weight is 482 g/mol. The van der Waals surface area contributed by atoms with Crippen LogP contribution in [0.3, 0.4) is 0 Å². The number of hydrogen-bond donors (Lipinski definition) is 0. The molecule has 0 aromatic heterocycles. The quantitative estimate of drug-likeness (QED) is 0.241. The van der Waals surface area contributed by atoms with Gasteiger partial charge in [0.15, 0.2) is 0 Å². The molecule has 1 heterocycles. The first-order valence-electron chi connectivity index (χ1n) is 12.9. The molecule has 0 amide bonds. The van der Waals surface area contributed by atoms with Gasteiger partial charge >= 0.3 is 7.12 Å². The maximum absolute atomic E-state index is 6.26. The smallest absolute Gasteiger partial charge is 0.399 e. The number of hydrogen-bond acceptors (Lipinski definition) is 2. The fraction of sp³-hybridized carbons (Fsp3) is 0.176. The zero-order valence-corrected chi connectivity index (χ0v) is 21.9. The molecule has 182 valence electrons. The number of rotatable bonds is 4. The van der Waals surface area contributed by atoms with Gasteiger partial charge in [-0.1, -0.05) is 109 Å². The lowest BCUT2D eigenvalue weighted by atomic mass is 9.78. The molecule has 1 fully saturated rings. The maximum Gasteiger partial charge on any atom is 0.494 e. The van der Waals surface area contributed by atoms with Gasteiger partial charge in [0.05, 0.1) is 11.2 Å². The van der Waals surface area contributed by atoms with Crippen molar-refractivity contribution in [3.8, 4) is 33.4 Å². The third kappa shape index (κ3) is 4.50. The SMILES string of the molecule is CC1(C)OB(c2cccc(-c3ccc(-c4ccc(-c5ccc6ccccc6c5)cc4)cc3)c2)OC1(C)C. The van der Waals surface area contributed by atoms with E-state index >= 15 is 0 Å². The van der Waals surface area contributed by atoms with Crippen LogP contribution in [0.4, 0.5) is 0 Å². The van der Waals surface area contributed by atoms with E-state index in [1.807, 2.05) is 0 Å². The number of fused-ring (bicyclic) bond motifs is 1. The molecule has 0 aliphatic carbocycles. The number of benzene rings is 5. The van der Waals surface area contributed by atoms with Crippen LogP contribution in [0, 0.1) is 0 Å². The lowest BCUT2D eigenvalue weighted by molar-refractivity contribution is 0.00578. The van der Waals surface area contributed by atoms with Gasteiger partial charge in [-0.05, 0) is 83.4 Å². The lowest BCUT2D eigenvalue weighted by Crippen LogP contribution is -2.41. The Kier molecular flexibility index (Phi) is 5.79. The summed E-state index contributed by atoms with van der Waals surface area (Å²) in [5.41, 5.74) is 7.56. The predicted molar refractivity (Wildman–Crippen MR) is 156 cm³/mol. The second kappa shape index (κ2) is 9.02. The highest BCUT2D eigenvalue weighted by molar-refractivity contribution is 6.62. The summed E-state index contributed by atoms with van der Waals surface area (Å²) in [5.74, 6) is 0. The topological polar surface area (TPSA) is 18.5 Å². The van der Waals surface area contributed by atoms with E-state index in [0.717, 1.165) is 11.0 Å². The van der Waals surface area contributed by atoms with E-state index in [1.54, 1.807) is 0 Å². The first-order valence-corrected chi connectivity index (χ1v) is 12.9. The molecule has 5 aromatic carbocycles. The highest BCUT2D eigenvalue weighted by Crippen LogP contribution is 2.37. The summed E-state index contributed by atoms with van der Waals surface area (Å²) in [6.45, 7) is 8.35. The first kappa shape index (κ1) is 23.7. The Bertz CT molecular complexity index is 1550. The minimum atomic E-state index is -0.356. The fourth-order valence-electron chi connectivity index (χ4n) is 4.92. The molecule has 5 aromatic rings. The molecule has 3 heteroatoms. The van der Waals surface area contributed by atoms with Gasteiger partial charge in [-0.2, -0.15) is 0 Å². The van der Waals surface area contributed by atoms with Crippen LogP contribution in [0.1, 0.15) is 27.7 Å². The fourth-order valence-corrected chi connectivity index (χ4v) is 4.92. The highest BCUT2D eigenvalue weighted by Gasteiger charge is 2.51. The van der Waals surface area contributed by atoms with Crippen molar-refractivity contribution in [1.29, 1.82) is 0 Å². The van der Waals surface area contributed by atoms with Crippen LogP contribution in [0.15, 0.2) is 115 Å². The van der Waals surface area contributed by atoms with Gasteiger partial charge in [-0.15, -0.1) is 0 Å². The van der Waals surface area contributed by atoms with Crippen molar-refractivity contribution in [2.24, 2.45) is 0 Å². The molecule has 37 heavy (non-hydrogen) atoms. The molecule has 1 aliphatic heterocycles. The molecule has 0 saturated carbocycles. The summed E-state index contributed by atoms with van der Waals surface area (Å²) in [7, 11) is -0.356. The van der Waals surface area contributed by atoms with Crippen LogP contribution >= 0.6 is 0 Å². The Labute approximate surface area is 220 Å². The molecular formula is C34H31BO2. The van der Waals surface area contributed by atoms with Gasteiger partial charge in [-0.3, -0.25) is 0 Å². The van der Waals surface area contributed by atoms with Crippen molar-refractivity contribution < 1.29 is 9.31 Å². The van der Waals surface area contributed by atoms with Crippen molar-refractivity contribution in [1.82, 2.24) is 0 Å². The molecule has 6 rings (SSSR count). The summed E-state index contributed by atoms with van der Waals surface area (Å²) >= 11 is 0. The molecule has 0 atom stereocenters. The zero-order chi connectivity index (χ0) is 25.6. The summed E-state index contributed by atoms with van der Waals surface area (Å²) in [6.07, 6.45) is 0. The van der Waals surface area contributed by atoms with E-state index in [2.05, 4.69) is 143 Å². The van der Waals surface area contributed by atoms with Crippen molar-refractivity contribution in [3.05, 3.63) is 115 Å². The maximum atomic E-state index is 6.26. The normalized spacial score (nSPS) is 16.3. The monoisotopic (exact) mass is 482 g/mol. The van der Waals surface area contributed by atoms with Crippen LogP contribution < -0.4 is 5.46 Å². The third-order valence-corrected chi connectivity index (χ3v) is 7.93. The summed E-state index contributed by atoms with van der Waals surface area (Å²) in [5, 5.41) is 2.53. The molecule has 0 unspecified atom stereocenters. The van der Waals surface area contributed by atoms with Gasteiger partial charge < -0.3 is 9.31 Å². The van der Waals surface area contributed by atoms with Crippen LogP contribution in [0.2, 0.25) is 0 Å². The Hall–Kier alpha value is -3.66. The Morgan fingerprint density at radius 3 is 1.46 bits per heavy atom. The van der Waals surface area contributed by atoms with Crippen molar-refractivity contribution in [2.75, 3.05) is 0 Å².